The molecular formula is C16H21N3O. The first-order valence-corrected chi connectivity index (χ1v) is 7.11. The van der Waals surface area contributed by atoms with Crippen LogP contribution in [0.2, 0.25) is 0 Å². The van der Waals surface area contributed by atoms with E-state index in [2.05, 4.69) is 24.3 Å². The third kappa shape index (κ3) is 3.70. The molecule has 4 heteroatoms. The molecule has 106 valence electrons. The number of carbonyl (C=O) groups excluding carboxylic acids is 1. The van der Waals surface area contributed by atoms with Crippen molar-refractivity contribution in [2.24, 2.45) is 0 Å². The molecule has 2 rings (SSSR count). The van der Waals surface area contributed by atoms with Gasteiger partial charge in [0.1, 0.15) is 0 Å². The molecule has 0 radical (unpaired) electrons. The van der Waals surface area contributed by atoms with Gasteiger partial charge in [-0.25, -0.2) is 4.68 Å². The second-order valence-corrected chi connectivity index (χ2v) is 4.89. The second kappa shape index (κ2) is 6.89. The molecule has 0 aliphatic carbocycles. The molecule has 0 aliphatic heterocycles. The molecule has 0 spiro atoms. The van der Waals surface area contributed by atoms with Crippen molar-refractivity contribution >= 4 is 5.91 Å². The Morgan fingerprint density at radius 3 is 2.60 bits per heavy atom. The van der Waals surface area contributed by atoms with Crippen LogP contribution in [0.15, 0.2) is 42.7 Å². The first-order chi connectivity index (χ1) is 9.72. The van der Waals surface area contributed by atoms with Gasteiger partial charge in [0, 0.05) is 12.2 Å². The summed E-state index contributed by atoms with van der Waals surface area (Å²) < 4.78 is 1.79. The predicted octanol–water partition coefficient (Wildman–Crippen LogP) is 2.72. The highest BCUT2D eigenvalue weighted by Gasteiger charge is 2.10. The van der Waals surface area contributed by atoms with Crippen molar-refractivity contribution in [3.63, 3.8) is 0 Å². The van der Waals surface area contributed by atoms with Gasteiger partial charge in [-0.05, 0) is 30.5 Å². The van der Waals surface area contributed by atoms with Gasteiger partial charge in [-0.2, -0.15) is 5.10 Å². The van der Waals surface area contributed by atoms with Gasteiger partial charge in [0.25, 0.3) is 0 Å². The first kappa shape index (κ1) is 14.3. The number of aromatic nitrogens is 2. The van der Waals surface area contributed by atoms with Gasteiger partial charge in [0.15, 0.2) is 0 Å². The van der Waals surface area contributed by atoms with Gasteiger partial charge >= 0.3 is 0 Å². The second-order valence-electron chi connectivity index (χ2n) is 4.89. The van der Waals surface area contributed by atoms with Crippen molar-refractivity contribution in [2.45, 2.75) is 39.2 Å². The van der Waals surface area contributed by atoms with E-state index in [9.17, 15) is 4.79 Å². The number of hydrogen-bond donors (Lipinski definition) is 1. The Morgan fingerprint density at radius 2 is 1.95 bits per heavy atom. The van der Waals surface area contributed by atoms with Crippen molar-refractivity contribution in [3.05, 3.63) is 48.3 Å². The van der Waals surface area contributed by atoms with E-state index in [1.54, 1.807) is 10.9 Å². The molecule has 1 aromatic heterocycles. The van der Waals surface area contributed by atoms with E-state index in [-0.39, 0.29) is 11.9 Å². The Balaban J connectivity index is 1.98. The first-order valence-electron chi connectivity index (χ1n) is 7.11. The van der Waals surface area contributed by atoms with E-state index < -0.39 is 0 Å². The topological polar surface area (TPSA) is 46.9 Å². The van der Waals surface area contributed by atoms with Crippen molar-refractivity contribution in [1.82, 2.24) is 15.1 Å². The maximum atomic E-state index is 11.9. The summed E-state index contributed by atoms with van der Waals surface area (Å²) in [5.74, 6) is 0.0614. The van der Waals surface area contributed by atoms with Crippen LogP contribution < -0.4 is 5.32 Å². The maximum Gasteiger partial charge on any atom is 0.224 e. The number of nitrogens with one attached hydrogen (secondary N) is 1. The summed E-state index contributed by atoms with van der Waals surface area (Å²) in [6, 6.07) is 10.2. The third-order valence-corrected chi connectivity index (χ3v) is 3.37. The van der Waals surface area contributed by atoms with Crippen LogP contribution in [0.1, 0.15) is 32.3 Å². The van der Waals surface area contributed by atoms with Gasteiger partial charge in [0.2, 0.25) is 5.91 Å². The molecule has 1 aromatic carbocycles. The van der Waals surface area contributed by atoms with Gasteiger partial charge in [-0.1, -0.05) is 32.0 Å². The zero-order valence-corrected chi connectivity index (χ0v) is 12.0. The lowest BCUT2D eigenvalue weighted by Gasteiger charge is -2.13. The molecule has 4 nitrogen and oxygen atoms in total. The monoisotopic (exact) mass is 271 g/mol. The molecule has 0 bridgehead atoms. The highest BCUT2D eigenvalue weighted by Crippen LogP contribution is 2.08. The number of carbonyl (C=O) groups is 1. The smallest absolute Gasteiger partial charge is 0.224 e. The van der Waals surface area contributed by atoms with E-state index in [1.165, 1.54) is 0 Å². The average molecular weight is 271 g/mol. The van der Waals surface area contributed by atoms with Crippen LogP contribution in [-0.4, -0.2) is 21.7 Å². The SMILES string of the molecule is CCC(CC)NC(=O)Cc1cnn(-c2ccccc2)c1. The molecule has 1 heterocycles. The minimum absolute atomic E-state index is 0.0614. The van der Waals surface area contributed by atoms with Gasteiger partial charge < -0.3 is 5.32 Å². The number of amides is 1. The van der Waals surface area contributed by atoms with Crippen molar-refractivity contribution in [1.29, 1.82) is 0 Å². The molecule has 0 saturated heterocycles. The van der Waals surface area contributed by atoms with Gasteiger partial charge in [-0.15, -0.1) is 0 Å². The lowest BCUT2D eigenvalue weighted by molar-refractivity contribution is -0.121. The number of nitrogens with zero attached hydrogens (tertiary/aromatic N) is 2. The van der Waals surface area contributed by atoms with E-state index in [0.717, 1.165) is 24.1 Å². The molecule has 0 atom stereocenters. The molecule has 0 unspecified atom stereocenters. The minimum atomic E-state index is 0.0614. The van der Waals surface area contributed by atoms with Crippen LogP contribution in [0.4, 0.5) is 0 Å². The van der Waals surface area contributed by atoms with E-state index in [1.807, 2.05) is 36.5 Å². The molecule has 0 saturated carbocycles. The zero-order chi connectivity index (χ0) is 14.4. The highest BCUT2D eigenvalue weighted by atomic mass is 16.1. The molecule has 20 heavy (non-hydrogen) atoms. The Kier molecular flexibility index (Phi) is 4.93. The van der Waals surface area contributed by atoms with Crippen LogP contribution >= 0.6 is 0 Å². The zero-order valence-electron chi connectivity index (χ0n) is 12.0. The van der Waals surface area contributed by atoms with Crippen molar-refractivity contribution in [3.8, 4) is 5.69 Å². The fourth-order valence-electron chi connectivity index (χ4n) is 2.13. The van der Waals surface area contributed by atoms with Crippen LogP contribution in [0, 0.1) is 0 Å². The van der Waals surface area contributed by atoms with Crippen molar-refractivity contribution < 1.29 is 4.79 Å². The van der Waals surface area contributed by atoms with E-state index in [4.69, 9.17) is 0 Å². The molecule has 2 aromatic rings. The summed E-state index contributed by atoms with van der Waals surface area (Å²) in [6.45, 7) is 4.17. The average Bonchev–Trinajstić information content (AvgIpc) is 2.94. The number of rotatable bonds is 6. The fourth-order valence-corrected chi connectivity index (χ4v) is 2.13. The standard InChI is InChI=1S/C16H21N3O/c1-3-14(4-2)18-16(20)10-13-11-17-19(12-13)15-8-6-5-7-9-15/h5-9,11-12,14H,3-4,10H2,1-2H3,(H,18,20). The molecule has 1 amide bonds. The Morgan fingerprint density at radius 1 is 1.25 bits per heavy atom. The largest absolute Gasteiger partial charge is 0.353 e. The van der Waals surface area contributed by atoms with Crippen LogP contribution in [-0.2, 0) is 11.2 Å². The lowest BCUT2D eigenvalue weighted by atomic mass is 10.1. The predicted molar refractivity (Wildman–Crippen MR) is 79.8 cm³/mol. The third-order valence-electron chi connectivity index (χ3n) is 3.37. The van der Waals surface area contributed by atoms with Gasteiger partial charge in [0.05, 0.1) is 18.3 Å². The maximum absolute atomic E-state index is 11.9. The fraction of sp³-hybridized carbons (Fsp3) is 0.375. The number of benzene rings is 1. The van der Waals surface area contributed by atoms with Crippen molar-refractivity contribution in [2.75, 3.05) is 0 Å². The normalized spacial score (nSPS) is 10.8. The summed E-state index contributed by atoms with van der Waals surface area (Å²) in [5.41, 5.74) is 1.93. The number of para-hydroxylation sites is 1. The molecule has 1 N–H and O–H groups in total. The van der Waals surface area contributed by atoms with E-state index in [0.29, 0.717) is 6.42 Å². The van der Waals surface area contributed by atoms with Gasteiger partial charge in [-0.3, -0.25) is 4.79 Å². The summed E-state index contributed by atoms with van der Waals surface area (Å²) >= 11 is 0. The number of hydrogen-bond acceptors (Lipinski definition) is 2. The Labute approximate surface area is 119 Å². The Bertz CT molecular complexity index is 544. The summed E-state index contributed by atoms with van der Waals surface area (Å²) in [7, 11) is 0. The summed E-state index contributed by atoms with van der Waals surface area (Å²) in [5, 5.41) is 7.33. The molecule has 0 fully saturated rings. The van der Waals surface area contributed by atoms with Crippen LogP contribution in [0.25, 0.3) is 5.69 Å². The lowest BCUT2D eigenvalue weighted by Crippen LogP contribution is -2.34. The van der Waals surface area contributed by atoms with Crippen LogP contribution in [0.5, 0.6) is 0 Å². The summed E-state index contributed by atoms with van der Waals surface area (Å²) in [6.07, 6.45) is 5.96. The van der Waals surface area contributed by atoms with Crippen LogP contribution in [0.3, 0.4) is 0 Å². The molecule has 0 aliphatic rings. The minimum Gasteiger partial charge on any atom is -0.353 e. The van der Waals surface area contributed by atoms with E-state index >= 15 is 0 Å². The Hall–Kier alpha value is -2.10. The highest BCUT2D eigenvalue weighted by molar-refractivity contribution is 5.78. The molecular weight excluding hydrogens is 250 g/mol. The summed E-state index contributed by atoms with van der Waals surface area (Å²) in [4.78, 5) is 11.9. The quantitative estimate of drug-likeness (QED) is 0.878.